The van der Waals surface area contributed by atoms with E-state index in [-0.39, 0.29) is 5.82 Å². The van der Waals surface area contributed by atoms with Gasteiger partial charge in [-0.15, -0.1) is 0 Å². The highest BCUT2D eigenvalue weighted by molar-refractivity contribution is 5.84. The predicted molar refractivity (Wildman–Crippen MR) is 144 cm³/mol. The summed E-state index contributed by atoms with van der Waals surface area (Å²) in [4.78, 5) is 0. The third kappa shape index (κ3) is 5.61. The van der Waals surface area contributed by atoms with Crippen LogP contribution in [0.1, 0.15) is 16.7 Å². The van der Waals surface area contributed by atoms with Gasteiger partial charge in [-0.1, -0.05) is 60.7 Å². The summed E-state index contributed by atoms with van der Waals surface area (Å²) in [5.74, 6) is -0.220. The van der Waals surface area contributed by atoms with Crippen LogP contribution < -0.4 is 10.6 Å². The maximum absolute atomic E-state index is 13.1. The van der Waals surface area contributed by atoms with Crippen LogP contribution in [0.25, 0.3) is 22.0 Å². The number of nitrogens with one attached hydrogen (secondary N) is 2. The highest BCUT2D eigenvalue weighted by Crippen LogP contribution is 2.23. The van der Waals surface area contributed by atoms with E-state index in [0.717, 1.165) is 25.2 Å². The van der Waals surface area contributed by atoms with Gasteiger partial charge in [0.1, 0.15) is 5.82 Å². The average Bonchev–Trinajstić information content (AvgIpc) is 3.22. The summed E-state index contributed by atoms with van der Waals surface area (Å²) in [6, 6.07) is 32.4. The lowest BCUT2D eigenvalue weighted by Crippen LogP contribution is -2.16. The first-order valence-corrected chi connectivity index (χ1v) is 12.1. The lowest BCUT2D eigenvalue weighted by atomic mass is 10.0. The highest BCUT2D eigenvalue weighted by atomic mass is 19.1. The number of anilines is 1. The molecule has 0 amide bonds. The molecule has 3 nitrogen and oxygen atoms in total. The molecule has 1 aromatic heterocycles. The Morgan fingerprint density at radius 3 is 2.23 bits per heavy atom. The fourth-order valence-corrected chi connectivity index (χ4v) is 4.49. The maximum atomic E-state index is 13.1. The smallest absolute Gasteiger partial charge is 0.123 e. The molecule has 2 N–H and O–H groups in total. The van der Waals surface area contributed by atoms with Crippen LogP contribution in [0.3, 0.4) is 0 Å². The number of aryl methyl sites for hydroxylation is 1. The van der Waals surface area contributed by atoms with E-state index in [1.54, 1.807) is 12.1 Å². The van der Waals surface area contributed by atoms with Crippen LogP contribution in [0, 0.1) is 5.82 Å². The predicted octanol–water partition coefficient (Wildman–Crippen LogP) is 6.93. The minimum absolute atomic E-state index is 0.220. The summed E-state index contributed by atoms with van der Waals surface area (Å²) >= 11 is 0. The van der Waals surface area contributed by atoms with Crippen molar-refractivity contribution in [2.24, 2.45) is 7.05 Å². The molecule has 0 unspecified atom stereocenters. The van der Waals surface area contributed by atoms with Crippen molar-refractivity contribution < 1.29 is 4.39 Å². The summed E-state index contributed by atoms with van der Waals surface area (Å²) < 4.78 is 15.3. The van der Waals surface area contributed by atoms with Gasteiger partial charge in [-0.2, -0.15) is 0 Å². The van der Waals surface area contributed by atoms with Gasteiger partial charge in [-0.3, -0.25) is 0 Å². The number of halogens is 1. The Morgan fingerprint density at radius 2 is 1.46 bits per heavy atom. The molecule has 5 aromatic rings. The summed E-state index contributed by atoms with van der Waals surface area (Å²) in [5, 5.41) is 8.26. The lowest BCUT2D eigenvalue weighted by molar-refractivity contribution is 0.628. The van der Waals surface area contributed by atoms with E-state index >= 15 is 0 Å². The summed E-state index contributed by atoms with van der Waals surface area (Å²) in [6.07, 6.45) is 3.20. The monoisotopic (exact) mass is 463 g/mol. The molecule has 0 aliphatic heterocycles. The number of nitrogens with zero attached hydrogens (tertiary/aromatic N) is 1. The van der Waals surface area contributed by atoms with E-state index < -0.39 is 0 Å². The van der Waals surface area contributed by atoms with E-state index in [2.05, 4.69) is 95.2 Å². The van der Waals surface area contributed by atoms with Gasteiger partial charge in [0.05, 0.1) is 0 Å². The number of aromatic nitrogens is 1. The molecule has 0 radical (unpaired) electrons. The van der Waals surface area contributed by atoms with Gasteiger partial charge in [0.2, 0.25) is 0 Å². The number of benzene rings is 4. The first-order chi connectivity index (χ1) is 17.2. The Morgan fingerprint density at radius 1 is 0.743 bits per heavy atom. The SMILES string of the molecule is Cn1cc(CNCCc2ccc(-c3ccccc3)cc2)c2cc(CNc3ccc(F)cc3)ccc21. The molecule has 0 fully saturated rings. The first kappa shape index (κ1) is 22.9. The van der Waals surface area contributed by atoms with Crippen molar-refractivity contribution in [2.45, 2.75) is 19.5 Å². The molecule has 176 valence electrons. The number of rotatable bonds is 9. The van der Waals surface area contributed by atoms with Gasteiger partial charge in [0.25, 0.3) is 0 Å². The molecule has 0 saturated heterocycles. The Bertz CT molecular complexity index is 1390. The van der Waals surface area contributed by atoms with E-state index in [0.29, 0.717) is 6.54 Å². The van der Waals surface area contributed by atoms with Crippen LogP contribution in [0.15, 0.2) is 103 Å². The Kier molecular flexibility index (Phi) is 6.92. The Labute approximate surface area is 206 Å². The number of hydrogen-bond donors (Lipinski definition) is 2. The van der Waals surface area contributed by atoms with Gasteiger partial charge in [0.15, 0.2) is 0 Å². The van der Waals surface area contributed by atoms with Crippen molar-refractivity contribution in [1.29, 1.82) is 0 Å². The van der Waals surface area contributed by atoms with E-state index in [4.69, 9.17) is 0 Å². The van der Waals surface area contributed by atoms with Crippen LogP contribution in [0.4, 0.5) is 10.1 Å². The minimum Gasteiger partial charge on any atom is -0.381 e. The van der Waals surface area contributed by atoms with Crippen LogP contribution in [-0.4, -0.2) is 11.1 Å². The second kappa shape index (κ2) is 10.6. The molecule has 4 heteroatoms. The van der Waals surface area contributed by atoms with Crippen LogP contribution in [-0.2, 0) is 26.6 Å². The molecule has 4 aromatic carbocycles. The van der Waals surface area contributed by atoms with Crippen molar-refractivity contribution in [3.05, 3.63) is 126 Å². The average molecular weight is 464 g/mol. The lowest BCUT2D eigenvalue weighted by Gasteiger charge is -2.08. The summed E-state index contributed by atoms with van der Waals surface area (Å²) in [5.41, 5.74) is 8.48. The van der Waals surface area contributed by atoms with Crippen molar-refractivity contribution in [2.75, 3.05) is 11.9 Å². The van der Waals surface area contributed by atoms with Gasteiger partial charge in [-0.25, -0.2) is 4.39 Å². The maximum Gasteiger partial charge on any atom is 0.123 e. The molecule has 0 saturated carbocycles. The van der Waals surface area contributed by atoms with E-state index in [1.807, 2.05) is 6.07 Å². The van der Waals surface area contributed by atoms with Crippen molar-refractivity contribution in [3.8, 4) is 11.1 Å². The minimum atomic E-state index is -0.220. The molecule has 0 bridgehead atoms. The molecular formula is C31H30FN3. The van der Waals surface area contributed by atoms with E-state index in [9.17, 15) is 4.39 Å². The van der Waals surface area contributed by atoms with Crippen LogP contribution in [0.2, 0.25) is 0 Å². The van der Waals surface area contributed by atoms with Crippen molar-refractivity contribution >= 4 is 16.6 Å². The zero-order chi connectivity index (χ0) is 24.0. The second-order valence-electron chi connectivity index (χ2n) is 8.97. The quantitative estimate of drug-likeness (QED) is 0.232. The molecular weight excluding hydrogens is 433 g/mol. The van der Waals surface area contributed by atoms with Gasteiger partial charge in [0, 0.05) is 42.9 Å². The first-order valence-electron chi connectivity index (χ1n) is 12.1. The number of fused-ring (bicyclic) bond motifs is 1. The van der Waals surface area contributed by atoms with E-state index in [1.165, 1.54) is 50.9 Å². The third-order valence-electron chi connectivity index (χ3n) is 6.44. The van der Waals surface area contributed by atoms with Crippen molar-refractivity contribution in [3.63, 3.8) is 0 Å². The Hall–Kier alpha value is -3.89. The van der Waals surface area contributed by atoms with Gasteiger partial charge < -0.3 is 15.2 Å². The number of hydrogen-bond acceptors (Lipinski definition) is 2. The van der Waals surface area contributed by atoms with Crippen LogP contribution >= 0.6 is 0 Å². The van der Waals surface area contributed by atoms with Gasteiger partial charge >= 0.3 is 0 Å². The molecule has 0 aliphatic carbocycles. The zero-order valence-electron chi connectivity index (χ0n) is 20.0. The fraction of sp³-hybridized carbons (Fsp3) is 0.161. The summed E-state index contributed by atoms with van der Waals surface area (Å²) in [6.45, 7) is 2.45. The molecule has 0 aliphatic rings. The largest absolute Gasteiger partial charge is 0.381 e. The summed E-state index contributed by atoms with van der Waals surface area (Å²) in [7, 11) is 2.09. The van der Waals surface area contributed by atoms with Gasteiger partial charge in [-0.05, 0) is 77.2 Å². The zero-order valence-corrected chi connectivity index (χ0v) is 20.0. The fourth-order valence-electron chi connectivity index (χ4n) is 4.49. The molecule has 1 heterocycles. The van der Waals surface area contributed by atoms with Crippen LogP contribution in [0.5, 0.6) is 0 Å². The normalized spacial score (nSPS) is 11.1. The third-order valence-corrected chi connectivity index (χ3v) is 6.44. The standard InChI is InChI=1S/C31H30FN3/c1-35-22-27(21-33-18-17-23-7-10-26(11-8-23)25-5-3-2-4-6-25)30-19-24(9-16-31(30)35)20-34-29-14-12-28(32)13-15-29/h2-16,19,22,33-34H,17-18,20-21H2,1H3. The molecule has 0 atom stereocenters. The topological polar surface area (TPSA) is 29.0 Å². The second-order valence-corrected chi connectivity index (χ2v) is 8.97. The molecule has 35 heavy (non-hydrogen) atoms. The molecule has 0 spiro atoms. The highest BCUT2D eigenvalue weighted by Gasteiger charge is 2.08. The Balaban J connectivity index is 1.18. The van der Waals surface area contributed by atoms with Crippen molar-refractivity contribution in [1.82, 2.24) is 9.88 Å². The molecule has 5 rings (SSSR count).